The number of hydrogen-bond donors (Lipinski definition) is 3. The van der Waals surface area contributed by atoms with Gasteiger partial charge in [-0.15, -0.1) is 0 Å². The van der Waals surface area contributed by atoms with Gasteiger partial charge in [0.05, 0.1) is 0 Å². The van der Waals surface area contributed by atoms with Crippen LogP contribution in [0.3, 0.4) is 0 Å². The molecule has 0 aliphatic heterocycles. The van der Waals surface area contributed by atoms with E-state index < -0.39 is 30.6 Å². The largest absolute Gasteiger partial charge is 0.480 e. The molecule has 3 rings (SSSR count). The maximum absolute atomic E-state index is 12.0. The third kappa shape index (κ3) is 4.08. The van der Waals surface area contributed by atoms with Crippen molar-refractivity contribution in [2.75, 3.05) is 13.2 Å². The SMILES string of the molecule is C[C@@H](NC(=O)OCC1c2ccccc2-c2ccccc21)C(=O)NCC(=O)O. The van der Waals surface area contributed by atoms with Crippen LogP contribution >= 0.6 is 0 Å². The average Bonchev–Trinajstić information content (AvgIpc) is 2.98. The molecule has 3 N–H and O–H groups in total. The van der Waals surface area contributed by atoms with E-state index in [0.717, 1.165) is 22.3 Å². The second-order valence-electron chi connectivity index (χ2n) is 6.30. The third-order valence-electron chi connectivity index (χ3n) is 4.49. The Morgan fingerprint density at radius 1 is 1.04 bits per heavy atom. The number of carboxylic acid groups (broad SMARTS) is 1. The highest BCUT2D eigenvalue weighted by atomic mass is 16.5. The van der Waals surface area contributed by atoms with Gasteiger partial charge in [-0.3, -0.25) is 9.59 Å². The van der Waals surface area contributed by atoms with Gasteiger partial charge in [-0.25, -0.2) is 4.79 Å². The molecule has 0 heterocycles. The molecule has 27 heavy (non-hydrogen) atoms. The molecular weight excluding hydrogens is 348 g/mol. The molecule has 2 amide bonds. The van der Waals surface area contributed by atoms with Crippen molar-refractivity contribution in [2.24, 2.45) is 0 Å². The predicted octanol–water partition coefficient (Wildman–Crippen LogP) is 2.11. The third-order valence-corrected chi connectivity index (χ3v) is 4.49. The molecule has 0 fully saturated rings. The highest BCUT2D eigenvalue weighted by Gasteiger charge is 2.29. The second kappa shape index (κ2) is 7.90. The van der Waals surface area contributed by atoms with Crippen LogP contribution in [0, 0.1) is 0 Å². The number of fused-ring (bicyclic) bond motifs is 3. The van der Waals surface area contributed by atoms with E-state index in [0.29, 0.717) is 0 Å². The molecule has 0 unspecified atom stereocenters. The molecule has 0 spiro atoms. The molecule has 140 valence electrons. The lowest BCUT2D eigenvalue weighted by molar-refractivity contribution is -0.138. The Labute approximate surface area is 156 Å². The highest BCUT2D eigenvalue weighted by Crippen LogP contribution is 2.44. The summed E-state index contributed by atoms with van der Waals surface area (Å²) in [6.07, 6.45) is -0.727. The average molecular weight is 368 g/mol. The van der Waals surface area contributed by atoms with Crippen LogP contribution in [-0.4, -0.2) is 42.3 Å². The fourth-order valence-electron chi connectivity index (χ4n) is 3.20. The van der Waals surface area contributed by atoms with E-state index in [1.54, 1.807) is 0 Å². The van der Waals surface area contributed by atoms with Crippen molar-refractivity contribution in [3.63, 3.8) is 0 Å². The van der Waals surface area contributed by atoms with E-state index in [2.05, 4.69) is 10.6 Å². The summed E-state index contributed by atoms with van der Waals surface area (Å²) < 4.78 is 5.34. The van der Waals surface area contributed by atoms with Crippen LogP contribution in [0.25, 0.3) is 11.1 Å². The number of alkyl carbamates (subject to hydrolysis) is 1. The number of carboxylic acids is 1. The topological polar surface area (TPSA) is 105 Å². The Morgan fingerprint density at radius 2 is 1.59 bits per heavy atom. The van der Waals surface area contributed by atoms with Crippen molar-refractivity contribution >= 4 is 18.0 Å². The minimum Gasteiger partial charge on any atom is -0.480 e. The van der Waals surface area contributed by atoms with Crippen LogP contribution < -0.4 is 10.6 Å². The number of hydrogen-bond acceptors (Lipinski definition) is 4. The molecule has 2 aromatic carbocycles. The van der Waals surface area contributed by atoms with E-state index >= 15 is 0 Å². The predicted molar refractivity (Wildman–Crippen MR) is 98.3 cm³/mol. The molecule has 1 aliphatic carbocycles. The lowest BCUT2D eigenvalue weighted by Gasteiger charge is -2.17. The number of benzene rings is 2. The van der Waals surface area contributed by atoms with E-state index in [-0.39, 0.29) is 12.5 Å². The van der Waals surface area contributed by atoms with Gasteiger partial charge in [0, 0.05) is 5.92 Å². The van der Waals surface area contributed by atoms with Crippen LogP contribution in [0.4, 0.5) is 4.79 Å². The summed E-state index contributed by atoms with van der Waals surface area (Å²) in [5.74, 6) is -1.82. The Bertz CT molecular complexity index is 835. The van der Waals surface area contributed by atoms with E-state index in [9.17, 15) is 14.4 Å². The molecular formula is C20H20N2O5. The summed E-state index contributed by atoms with van der Waals surface area (Å²) >= 11 is 0. The van der Waals surface area contributed by atoms with Crippen LogP contribution in [0.1, 0.15) is 24.0 Å². The smallest absolute Gasteiger partial charge is 0.407 e. The highest BCUT2D eigenvalue weighted by molar-refractivity contribution is 5.87. The summed E-state index contributed by atoms with van der Waals surface area (Å²) in [6.45, 7) is 1.09. The molecule has 0 saturated heterocycles. The van der Waals surface area contributed by atoms with Gasteiger partial charge in [0.2, 0.25) is 5.91 Å². The zero-order chi connectivity index (χ0) is 19.4. The summed E-state index contributed by atoms with van der Waals surface area (Å²) in [6, 6.07) is 15.1. The number of nitrogens with one attached hydrogen (secondary N) is 2. The molecule has 0 aromatic heterocycles. The number of rotatable bonds is 6. The fraction of sp³-hybridized carbons (Fsp3) is 0.250. The maximum Gasteiger partial charge on any atom is 0.407 e. The van der Waals surface area contributed by atoms with Gasteiger partial charge in [0.1, 0.15) is 19.2 Å². The lowest BCUT2D eigenvalue weighted by Crippen LogP contribution is -2.46. The van der Waals surface area contributed by atoms with Crippen LogP contribution in [0.15, 0.2) is 48.5 Å². The van der Waals surface area contributed by atoms with Crippen molar-refractivity contribution in [3.8, 4) is 11.1 Å². The van der Waals surface area contributed by atoms with Gasteiger partial charge in [-0.2, -0.15) is 0 Å². The number of amides is 2. The van der Waals surface area contributed by atoms with Gasteiger partial charge >= 0.3 is 12.1 Å². The number of ether oxygens (including phenoxy) is 1. The first-order valence-electron chi connectivity index (χ1n) is 8.58. The molecule has 7 nitrogen and oxygen atoms in total. The first-order chi connectivity index (χ1) is 13.0. The van der Waals surface area contributed by atoms with Crippen molar-refractivity contribution in [2.45, 2.75) is 18.9 Å². The molecule has 7 heteroatoms. The Hall–Kier alpha value is -3.35. The van der Waals surface area contributed by atoms with Crippen LogP contribution in [0.2, 0.25) is 0 Å². The van der Waals surface area contributed by atoms with E-state index in [4.69, 9.17) is 9.84 Å². The molecule has 1 aliphatic rings. The Morgan fingerprint density at radius 3 is 2.15 bits per heavy atom. The van der Waals surface area contributed by atoms with Crippen LogP contribution in [0.5, 0.6) is 0 Å². The summed E-state index contributed by atoms with van der Waals surface area (Å²) in [5, 5.41) is 13.2. The summed E-state index contributed by atoms with van der Waals surface area (Å²) in [4.78, 5) is 34.2. The monoisotopic (exact) mass is 368 g/mol. The summed E-state index contributed by atoms with van der Waals surface area (Å²) in [5.41, 5.74) is 4.45. The van der Waals surface area contributed by atoms with Crippen molar-refractivity contribution < 1.29 is 24.2 Å². The molecule has 1 atom stereocenters. The lowest BCUT2D eigenvalue weighted by atomic mass is 9.98. The molecule has 0 bridgehead atoms. The van der Waals surface area contributed by atoms with Gasteiger partial charge in [-0.1, -0.05) is 48.5 Å². The van der Waals surface area contributed by atoms with Crippen molar-refractivity contribution in [1.82, 2.24) is 10.6 Å². The second-order valence-corrected chi connectivity index (χ2v) is 6.30. The minimum atomic E-state index is -1.16. The van der Waals surface area contributed by atoms with Crippen molar-refractivity contribution in [1.29, 1.82) is 0 Å². The first-order valence-corrected chi connectivity index (χ1v) is 8.58. The quantitative estimate of drug-likeness (QED) is 0.724. The number of carbonyl (C=O) groups is 3. The fourth-order valence-corrected chi connectivity index (χ4v) is 3.20. The Kier molecular flexibility index (Phi) is 5.40. The van der Waals surface area contributed by atoms with Gasteiger partial charge in [-0.05, 0) is 29.2 Å². The number of carbonyl (C=O) groups excluding carboxylic acids is 2. The molecule has 0 saturated carbocycles. The van der Waals surface area contributed by atoms with Crippen molar-refractivity contribution in [3.05, 3.63) is 59.7 Å². The maximum atomic E-state index is 12.0. The Balaban J connectivity index is 1.61. The minimum absolute atomic E-state index is 0.0701. The number of aliphatic carboxylic acids is 1. The van der Waals surface area contributed by atoms with Gasteiger partial charge < -0.3 is 20.5 Å². The molecule has 2 aromatic rings. The normalized spacial score (nSPS) is 13.2. The standard InChI is InChI=1S/C20H20N2O5/c1-12(19(25)21-10-18(23)24)22-20(26)27-11-17-15-8-4-2-6-13(15)14-7-3-5-9-16(14)17/h2-9,12,17H,10-11H2,1H3,(H,21,25)(H,22,26)(H,23,24)/t12-/m1/s1. The summed E-state index contributed by atoms with van der Waals surface area (Å²) in [7, 11) is 0. The van der Waals surface area contributed by atoms with Gasteiger partial charge in [0.25, 0.3) is 0 Å². The van der Waals surface area contributed by atoms with E-state index in [1.807, 2.05) is 48.5 Å². The zero-order valence-corrected chi connectivity index (χ0v) is 14.8. The van der Waals surface area contributed by atoms with E-state index in [1.165, 1.54) is 6.92 Å². The first kappa shape index (κ1) is 18.4. The zero-order valence-electron chi connectivity index (χ0n) is 14.8. The van der Waals surface area contributed by atoms with Gasteiger partial charge in [0.15, 0.2) is 0 Å². The molecule has 0 radical (unpaired) electrons. The van der Waals surface area contributed by atoms with Crippen LogP contribution in [-0.2, 0) is 14.3 Å².